The average Bonchev–Trinajstić information content (AvgIpc) is 1.76. The van der Waals surface area contributed by atoms with Crippen molar-refractivity contribution in [1.29, 1.82) is 0 Å². The number of nitrogens with zero attached hydrogens (tertiary/aromatic N) is 1. The molecule has 0 saturated carbocycles. The lowest BCUT2D eigenvalue weighted by atomic mass is 10.0. The third-order valence-corrected chi connectivity index (χ3v) is 3.88. The number of nitrogens with two attached hydrogens (primary N) is 1. The van der Waals surface area contributed by atoms with Crippen molar-refractivity contribution in [3.05, 3.63) is 0 Å². The Bertz CT molecular complexity index is 288. The normalized spacial score (nSPS) is 20.9. The number of hydrogen-bond acceptors (Lipinski definition) is 3. The van der Waals surface area contributed by atoms with Crippen LogP contribution in [0.25, 0.3) is 0 Å². The van der Waals surface area contributed by atoms with Crippen LogP contribution in [0, 0.1) is 5.92 Å². The largest absolute Gasteiger partial charge is 0.330 e. The van der Waals surface area contributed by atoms with Crippen LogP contribution >= 0.6 is 0 Å². The second kappa shape index (κ2) is 3.77. The molecule has 0 aromatic carbocycles. The van der Waals surface area contributed by atoms with Gasteiger partial charge in [-0.1, -0.05) is 0 Å². The summed E-state index contributed by atoms with van der Waals surface area (Å²) in [6.45, 7) is 7.12. The molecule has 84 valence electrons. The fraction of sp³-hybridized carbons (Fsp3) is 1.00. The van der Waals surface area contributed by atoms with Gasteiger partial charge in [-0.15, -0.1) is 0 Å². The van der Waals surface area contributed by atoms with Gasteiger partial charge in [0.2, 0.25) is 0 Å². The molecule has 6 heteroatoms. The highest BCUT2D eigenvalue weighted by molar-refractivity contribution is 7.87. The highest BCUT2D eigenvalue weighted by Crippen LogP contribution is 2.18. The first-order valence-electron chi connectivity index (χ1n) is 4.74. The molecular formula is C8H19N3O2S. The third-order valence-electron chi connectivity index (χ3n) is 2.03. The van der Waals surface area contributed by atoms with E-state index in [0.29, 0.717) is 25.6 Å². The Balaban J connectivity index is 2.53. The molecule has 0 atom stereocenters. The molecule has 0 radical (unpaired) electrons. The van der Waals surface area contributed by atoms with Crippen LogP contribution in [0.1, 0.15) is 20.8 Å². The highest BCUT2D eigenvalue weighted by Gasteiger charge is 2.36. The van der Waals surface area contributed by atoms with Crippen LogP contribution in [-0.2, 0) is 10.2 Å². The van der Waals surface area contributed by atoms with Gasteiger partial charge in [-0.05, 0) is 33.2 Å². The summed E-state index contributed by atoms with van der Waals surface area (Å²) in [4.78, 5) is 0. The summed E-state index contributed by atoms with van der Waals surface area (Å²) in [7, 11) is -3.30. The van der Waals surface area contributed by atoms with E-state index in [1.165, 1.54) is 4.31 Å². The Hall–Kier alpha value is -0.170. The molecule has 0 aliphatic carbocycles. The van der Waals surface area contributed by atoms with E-state index in [1.807, 2.05) is 20.8 Å². The van der Waals surface area contributed by atoms with Gasteiger partial charge in [0.1, 0.15) is 0 Å². The molecule has 1 heterocycles. The smallest absolute Gasteiger partial charge is 0.279 e. The van der Waals surface area contributed by atoms with Gasteiger partial charge < -0.3 is 5.73 Å². The van der Waals surface area contributed by atoms with Crippen LogP contribution in [0.5, 0.6) is 0 Å². The van der Waals surface area contributed by atoms with E-state index in [9.17, 15) is 8.42 Å². The minimum Gasteiger partial charge on any atom is -0.330 e. The first kappa shape index (κ1) is 11.9. The molecule has 5 nitrogen and oxygen atoms in total. The lowest BCUT2D eigenvalue weighted by Crippen LogP contribution is -2.58. The molecule has 1 aliphatic heterocycles. The molecule has 3 N–H and O–H groups in total. The van der Waals surface area contributed by atoms with Crippen molar-refractivity contribution in [2.24, 2.45) is 11.7 Å². The molecule has 0 aromatic rings. The molecule has 1 saturated heterocycles. The van der Waals surface area contributed by atoms with Gasteiger partial charge in [0.25, 0.3) is 10.2 Å². The van der Waals surface area contributed by atoms with Crippen molar-refractivity contribution in [2.75, 3.05) is 19.6 Å². The summed E-state index contributed by atoms with van der Waals surface area (Å²) >= 11 is 0. The van der Waals surface area contributed by atoms with Gasteiger partial charge in [0, 0.05) is 18.6 Å². The van der Waals surface area contributed by atoms with Crippen LogP contribution in [0.4, 0.5) is 0 Å². The van der Waals surface area contributed by atoms with Gasteiger partial charge in [0.15, 0.2) is 0 Å². The van der Waals surface area contributed by atoms with E-state index in [1.54, 1.807) is 0 Å². The van der Waals surface area contributed by atoms with E-state index in [2.05, 4.69) is 4.72 Å². The number of rotatable bonds is 3. The zero-order valence-electron chi connectivity index (χ0n) is 8.95. The molecule has 1 aliphatic rings. The zero-order chi connectivity index (χ0) is 11.0. The van der Waals surface area contributed by atoms with E-state index >= 15 is 0 Å². The molecule has 1 rings (SSSR count). The number of hydrogen-bond donors (Lipinski definition) is 2. The summed E-state index contributed by atoms with van der Waals surface area (Å²) in [6.07, 6.45) is 0. The molecule has 0 bridgehead atoms. The average molecular weight is 221 g/mol. The molecule has 0 unspecified atom stereocenters. The summed E-state index contributed by atoms with van der Waals surface area (Å²) in [6, 6.07) is 0. The Morgan fingerprint density at radius 3 is 2.29 bits per heavy atom. The van der Waals surface area contributed by atoms with Gasteiger partial charge in [-0.3, -0.25) is 0 Å². The van der Waals surface area contributed by atoms with Crippen molar-refractivity contribution in [3.8, 4) is 0 Å². The van der Waals surface area contributed by atoms with Gasteiger partial charge >= 0.3 is 0 Å². The van der Waals surface area contributed by atoms with Crippen molar-refractivity contribution in [2.45, 2.75) is 26.3 Å². The zero-order valence-corrected chi connectivity index (χ0v) is 9.76. The van der Waals surface area contributed by atoms with Crippen molar-refractivity contribution in [1.82, 2.24) is 9.03 Å². The maximum atomic E-state index is 11.7. The third kappa shape index (κ3) is 2.91. The van der Waals surface area contributed by atoms with Gasteiger partial charge in [0.05, 0.1) is 0 Å². The van der Waals surface area contributed by atoms with Crippen molar-refractivity contribution >= 4 is 10.2 Å². The SMILES string of the molecule is CC(C)(C)NS(=O)(=O)N1CC(CN)C1. The summed E-state index contributed by atoms with van der Waals surface area (Å²) in [5.74, 6) is 0.326. The Morgan fingerprint density at radius 2 is 1.93 bits per heavy atom. The predicted molar refractivity (Wildman–Crippen MR) is 55.9 cm³/mol. The second-order valence-corrected chi connectivity index (χ2v) is 6.45. The molecule has 0 spiro atoms. The Kier molecular flexibility index (Phi) is 3.20. The van der Waals surface area contributed by atoms with E-state index in [-0.39, 0.29) is 0 Å². The first-order valence-corrected chi connectivity index (χ1v) is 6.18. The van der Waals surface area contributed by atoms with Crippen LogP contribution < -0.4 is 10.5 Å². The number of nitrogens with one attached hydrogen (secondary N) is 1. The minimum atomic E-state index is -3.30. The minimum absolute atomic E-state index is 0.326. The Morgan fingerprint density at radius 1 is 1.43 bits per heavy atom. The van der Waals surface area contributed by atoms with Crippen molar-refractivity contribution in [3.63, 3.8) is 0 Å². The lowest BCUT2D eigenvalue weighted by molar-refractivity contribution is 0.202. The van der Waals surface area contributed by atoms with Crippen LogP contribution in [0.2, 0.25) is 0 Å². The fourth-order valence-electron chi connectivity index (χ4n) is 1.32. The summed E-state index contributed by atoms with van der Waals surface area (Å²) < 4.78 is 27.4. The van der Waals surface area contributed by atoms with Gasteiger partial charge in [-0.2, -0.15) is 17.4 Å². The molecular weight excluding hydrogens is 202 g/mol. The first-order chi connectivity index (χ1) is 6.24. The maximum absolute atomic E-state index is 11.7. The topological polar surface area (TPSA) is 75.4 Å². The van der Waals surface area contributed by atoms with Crippen LogP contribution in [0.3, 0.4) is 0 Å². The van der Waals surface area contributed by atoms with E-state index in [0.717, 1.165) is 0 Å². The van der Waals surface area contributed by atoms with Gasteiger partial charge in [-0.25, -0.2) is 0 Å². The van der Waals surface area contributed by atoms with Crippen molar-refractivity contribution < 1.29 is 8.42 Å². The monoisotopic (exact) mass is 221 g/mol. The lowest BCUT2D eigenvalue weighted by Gasteiger charge is -2.38. The maximum Gasteiger partial charge on any atom is 0.279 e. The molecule has 0 aromatic heterocycles. The molecule has 0 amide bonds. The summed E-state index contributed by atoms with van der Waals surface area (Å²) in [5.41, 5.74) is 5.00. The van der Waals surface area contributed by atoms with Crippen LogP contribution in [-0.4, -0.2) is 37.9 Å². The van der Waals surface area contributed by atoms with E-state index < -0.39 is 15.7 Å². The Labute approximate surface area is 85.8 Å². The predicted octanol–water partition coefficient (Wildman–Crippen LogP) is -0.490. The highest BCUT2D eigenvalue weighted by atomic mass is 32.2. The summed E-state index contributed by atoms with van der Waals surface area (Å²) in [5, 5.41) is 0. The second-order valence-electron chi connectivity index (χ2n) is 4.78. The molecule has 14 heavy (non-hydrogen) atoms. The quantitative estimate of drug-likeness (QED) is 0.675. The standard InChI is InChI=1S/C8H19N3O2S/c1-8(2,3)10-14(12,13)11-5-7(4-9)6-11/h7,10H,4-6,9H2,1-3H3. The van der Waals surface area contributed by atoms with E-state index in [4.69, 9.17) is 5.73 Å². The molecule has 1 fully saturated rings. The fourth-order valence-corrected chi connectivity index (χ4v) is 3.04. The van der Waals surface area contributed by atoms with Crippen LogP contribution in [0.15, 0.2) is 0 Å².